The first-order valence-electron chi connectivity index (χ1n) is 9.92. The quantitative estimate of drug-likeness (QED) is 0.865. The van der Waals surface area contributed by atoms with Crippen LogP contribution in [0.4, 0.5) is 14.9 Å². The highest BCUT2D eigenvalue weighted by Gasteiger charge is 2.33. The van der Waals surface area contributed by atoms with Gasteiger partial charge in [-0.1, -0.05) is 24.3 Å². The van der Waals surface area contributed by atoms with Crippen molar-refractivity contribution in [2.45, 2.75) is 19.4 Å². The molecule has 2 aromatic rings. The van der Waals surface area contributed by atoms with Gasteiger partial charge in [0, 0.05) is 19.6 Å². The average molecular weight is 397 g/mol. The van der Waals surface area contributed by atoms with Gasteiger partial charge in [-0.05, 0) is 42.7 Å². The second kappa shape index (κ2) is 8.51. The molecule has 0 saturated carbocycles. The molecule has 0 radical (unpaired) electrons. The minimum Gasteiger partial charge on any atom is -0.490 e. The summed E-state index contributed by atoms with van der Waals surface area (Å²) in [4.78, 5) is 29.2. The van der Waals surface area contributed by atoms with Crippen LogP contribution in [0.2, 0.25) is 0 Å². The summed E-state index contributed by atoms with van der Waals surface area (Å²) in [6.07, 6.45) is 1.53. The maximum atomic E-state index is 13.1. The standard InChI is InChI=1S/C22H24FN3O3/c23-18-9-7-16(8-10-18)14-24-21(27)17-4-3-11-25(15-17)22(28)26-12-13-29-20-6-2-1-5-19(20)26/h1-2,5-10,17H,3-4,11-15H2,(H,24,27). The summed E-state index contributed by atoms with van der Waals surface area (Å²) < 4.78 is 18.6. The number of likely N-dealkylation sites (tertiary alicyclic amines) is 1. The number of carbonyl (C=O) groups excluding carboxylic acids is 2. The van der Waals surface area contributed by atoms with Crippen LogP contribution in [0.5, 0.6) is 5.75 Å². The predicted molar refractivity (Wildman–Crippen MR) is 107 cm³/mol. The molecule has 2 heterocycles. The number of rotatable bonds is 3. The molecule has 1 saturated heterocycles. The number of urea groups is 1. The molecular weight excluding hydrogens is 373 g/mol. The molecule has 1 unspecified atom stereocenters. The summed E-state index contributed by atoms with van der Waals surface area (Å²) in [6, 6.07) is 13.5. The summed E-state index contributed by atoms with van der Waals surface area (Å²) in [6.45, 7) is 2.33. The molecule has 0 spiro atoms. The zero-order chi connectivity index (χ0) is 20.2. The smallest absolute Gasteiger partial charge is 0.324 e. The number of nitrogens with zero attached hydrogens (tertiary/aromatic N) is 2. The number of ether oxygens (including phenoxy) is 1. The number of para-hydroxylation sites is 2. The highest BCUT2D eigenvalue weighted by atomic mass is 19.1. The van der Waals surface area contributed by atoms with Gasteiger partial charge in [0.15, 0.2) is 0 Å². The topological polar surface area (TPSA) is 61.9 Å². The zero-order valence-corrected chi connectivity index (χ0v) is 16.1. The third-order valence-corrected chi connectivity index (χ3v) is 5.40. The summed E-state index contributed by atoms with van der Waals surface area (Å²) >= 11 is 0. The van der Waals surface area contributed by atoms with Crippen molar-refractivity contribution < 1.29 is 18.7 Å². The fourth-order valence-corrected chi connectivity index (χ4v) is 3.84. The number of fused-ring (bicyclic) bond motifs is 1. The van der Waals surface area contributed by atoms with Gasteiger partial charge in [0.1, 0.15) is 18.2 Å². The summed E-state index contributed by atoms with van der Waals surface area (Å²) in [5.41, 5.74) is 1.61. The summed E-state index contributed by atoms with van der Waals surface area (Å²) in [7, 11) is 0. The number of carbonyl (C=O) groups is 2. The van der Waals surface area contributed by atoms with Crippen molar-refractivity contribution in [2.24, 2.45) is 5.92 Å². The molecular formula is C22H24FN3O3. The van der Waals surface area contributed by atoms with Crippen LogP contribution in [0.25, 0.3) is 0 Å². The molecule has 1 fully saturated rings. The second-order valence-corrected chi connectivity index (χ2v) is 7.38. The van der Waals surface area contributed by atoms with Gasteiger partial charge in [-0.2, -0.15) is 0 Å². The number of hydrogen-bond donors (Lipinski definition) is 1. The molecule has 1 atom stereocenters. The molecule has 6 nitrogen and oxygen atoms in total. The maximum absolute atomic E-state index is 13.1. The van der Waals surface area contributed by atoms with Crippen molar-refractivity contribution in [1.82, 2.24) is 10.2 Å². The van der Waals surface area contributed by atoms with E-state index in [1.165, 1.54) is 12.1 Å². The van der Waals surface area contributed by atoms with Gasteiger partial charge in [-0.3, -0.25) is 9.69 Å². The van der Waals surface area contributed by atoms with Crippen molar-refractivity contribution in [2.75, 3.05) is 31.1 Å². The van der Waals surface area contributed by atoms with Crippen molar-refractivity contribution in [3.05, 3.63) is 59.9 Å². The number of amides is 3. The van der Waals surface area contributed by atoms with E-state index in [1.807, 2.05) is 24.3 Å². The van der Waals surface area contributed by atoms with Gasteiger partial charge in [-0.25, -0.2) is 9.18 Å². The van der Waals surface area contributed by atoms with Gasteiger partial charge < -0.3 is 15.0 Å². The Balaban J connectivity index is 1.37. The van der Waals surface area contributed by atoms with E-state index in [2.05, 4.69) is 5.32 Å². The van der Waals surface area contributed by atoms with Crippen LogP contribution in [0.15, 0.2) is 48.5 Å². The summed E-state index contributed by atoms with van der Waals surface area (Å²) in [5.74, 6) is 0.0857. The lowest BCUT2D eigenvalue weighted by Crippen LogP contribution is -2.52. The first-order valence-corrected chi connectivity index (χ1v) is 9.92. The van der Waals surface area contributed by atoms with Gasteiger partial charge in [0.25, 0.3) is 0 Å². The fraction of sp³-hybridized carbons (Fsp3) is 0.364. The molecule has 7 heteroatoms. The van der Waals surface area contributed by atoms with E-state index in [0.717, 1.165) is 24.1 Å². The highest BCUT2D eigenvalue weighted by Crippen LogP contribution is 2.32. The third kappa shape index (κ3) is 4.34. The molecule has 2 aromatic carbocycles. The minimum absolute atomic E-state index is 0.0748. The lowest BCUT2D eigenvalue weighted by Gasteiger charge is -2.37. The minimum atomic E-state index is -0.300. The van der Waals surface area contributed by atoms with Crippen molar-refractivity contribution in [1.29, 1.82) is 0 Å². The molecule has 2 aliphatic heterocycles. The average Bonchev–Trinajstić information content (AvgIpc) is 2.77. The van der Waals surface area contributed by atoms with Crippen LogP contribution in [0, 0.1) is 11.7 Å². The molecule has 0 bridgehead atoms. The Hall–Kier alpha value is -3.09. The SMILES string of the molecule is O=C(NCc1ccc(F)cc1)C1CCCN(C(=O)N2CCOc3ccccc32)C1. The lowest BCUT2D eigenvalue weighted by molar-refractivity contribution is -0.126. The molecule has 4 rings (SSSR count). The molecule has 0 aromatic heterocycles. The number of halogens is 1. The Bertz CT molecular complexity index is 887. The van der Waals surface area contributed by atoms with Crippen LogP contribution in [0.3, 0.4) is 0 Å². The largest absolute Gasteiger partial charge is 0.490 e. The van der Waals surface area contributed by atoms with Gasteiger partial charge in [-0.15, -0.1) is 0 Å². The molecule has 29 heavy (non-hydrogen) atoms. The Morgan fingerprint density at radius 1 is 1.10 bits per heavy atom. The van der Waals surface area contributed by atoms with Crippen LogP contribution in [-0.2, 0) is 11.3 Å². The number of piperidine rings is 1. The fourth-order valence-electron chi connectivity index (χ4n) is 3.84. The van der Waals surface area contributed by atoms with E-state index in [0.29, 0.717) is 38.5 Å². The Morgan fingerprint density at radius 2 is 1.90 bits per heavy atom. The van der Waals surface area contributed by atoms with Crippen LogP contribution >= 0.6 is 0 Å². The van der Waals surface area contributed by atoms with E-state index >= 15 is 0 Å². The predicted octanol–water partition coefficient (Wildman–Crippen LogP) is 3.17. The van der Waals surface area contributed by atoms with Gasteiger partial charge >= 0.3 is 6.03 Å². The Morgan fingerprint density at radius 3 is 2.72 bits per heavy atom. The molecule has 2 aliphatic rings. The van der Waals surface area contributed by atoms with E-state index in [4.69, 9.17) is 4.74 Å². The Kier molecular flexibility index (Phi) is 5.64. The van der Waals surface area contributed by atoms with Crippen molar-refractivity contribution in [3.8, 4) is 5.75 Å². The second-order valence-electron chi connectivity index (χ2n) is 7.38. The lowest BCUT2D eigenvalue weighted by atomic mass is 9.97. The number of benzene rings is 2. The number of anilines is 1. The monoisotopic (exact) mass is 397 g/mol. The molecule has 3 amide bonds. The van der Waals surface area contributed by atoms with Gasteiger partial charge in [0.05, 0.1) is 18.2 Å². The third-order valence-electron chi connectivity index (χ3n) is 5.40. The molecule has 1 N–H and O–H groups in total. The first-order chi connectivity index (χ1) is 14.1. The molecule has 152 valence electrons. The van der Waals surface area contributed by atoms with E-state index in [9.17, 15) is 14.0 Å². The normalized spacial score (nSPS) is 18.6. The van der Waals surface area contributed by atoms with Crippen LogP contribution in [0.1, 0.15) is 18.4 Å². The Labute approximate surface area is 169 Å². The van der Waals surface area contributed by atoms with Gasteiger partial charge in [0.2, 0.25) is 5.91 Å². The summed E-state index contributed by atoms with van der Waals surface area (Å²) in [5, 5.41) is 2.91. The number of nitrogens with one attached hydrogen (secondary N) is 1. The van der Waals surface area contributed by atoms with Crippen LogP contribution in [-0.4, -0.2) is 43.1 Å². The van der Waals surface area contributed by atoms with E-state index < -0.39 is 0 Å². The van der Waals surface area contributed by atoms with Crippen molar-refractivity contribution in [3.63, 3.8) is 0 Å². The maximum Gasteiger partial charge on any atom is 0.324 e. The van der Waals surface area contributed by atoms with E-state index in [1.54, 1.807) is 21.9 Å². The van der Waals surface area contributed by atoms with Crippen molar-refractivity contribution >= 4 is 17.6 Å². The highest BCUT2D eigenvalue weighted by molar-refractivity contribution is 5.94. The van der Waals surface area contributed by atoms with E-state index in [-0.39, 0.29) is 23.7 Å². The zero-order valence-electron chi connectivity index (χ0n) is 16.1. The molecule has 0 aliphatic carbocycles. The number of hydrogen-bond acceptors (Lipinski definition) is 3. The van der Waals surface area contributed by atoms with Crippen LogP contribution < -0.4 is 15.0 Å². The first kappa shape index (κ1) is 19.2.